The van der Waals surface area contributed by atoms with Gasteiger partial charge in [-0.25, -0.2) is 0 Å². The first kappa shape index (κ1) is 17.0. The molecule has 22 heavy (non-hydrogen) atoms. The van der Waals surface area contributed by atoms with Crippen molar-refractivity contribution < 1.29 is 4.74 Å². The fraction of sp³-hybridized carbons (Fsp3) is 0.368. The lowest BCUT2D eigenvalue weighted by Gasteiger charge is -2.29. The molecule has 1 unspecified atom stereocenters. The van der Waals surface area contributed by atoms with E-state index < -0.39 is 0 Å². The summed E-state index contributed by atoms with van der Waals surface area (Å²) >= 11 is 3.56. The molecule has 0 aliphatic rings. The minimum Gasteiger partial charge on any atom is -0.488 e. The topological polar surface area (TPSA) is 35.2 Å². The third-order valence-corrected chi connectivity index (χ3v) is 4.79. The van der Waals surface area contributed by atoms with Crippen molar-refractivity contribution in [1.82, 2.24) is 0 Å². The summed E-state index contributed by atoms with van der Waals surface area (Å²) in [5, 5.41) is 0. The Labute approximate surface area is 141 Å². The molecule has 0 heterocycles. The number of hydrogen-bond acceptors (Lipinski definition) is 2. The highest BCUT2D eigenvalue weighted by Gasteiger charge is 2.23. The van der Waals surface area contributed by atoms with Crippen LogP contribution in [0.3, 0.4) is 0 Å². The first-order valence-electron chi connectivity index (χ1n) is 7.62. The lowest BCUT2D eigenvalue weighted by molar-refractivity contribution is 0.302. The lowest BCUT2D eigenvalue weighted by atomic mass is 9.84. The third kappa shape index (κ3) is 4.59. The molecule has 0 bridgehead atoms. The van der Waals surface area contributed by atoms with Crippen LogP contribution in [0.15, 0.2) is 53.0 Å². The van der Waals surface area contributed by atoms with Crippen LogP contribution in [0.5, 0.6) is 5.75 Å². The average molecular weight is 362 g/mol. The second-order valence-corrected chi connectivity index (χ2v) is 7.23. The van der Waals surface area contributed by atoms with Crippen LogP contribution >= 0.6 is 15.9 Å². The number of benzene rings is 2. The van der Waals surface area contributed by atoms with E-state index in [0.29, 0.717) is 12.5 Å². The highest BCUT2D eigenvalue weighted by atomic mass is 79.9. The predicted molar refractivity (Wildman–Crippen MR) is 96.1 cm³/mol. The predicted octanol–water partition coefficient (Wildman–Crippen LogP) is 4.94. The number of ether oxygens (including phenoxy) is 1. The number of hydrogen-bond donors (Lipinski definition) is 1. The van der Waals surface area contributed by atoms with Crippen LogP contribution in [0.1, 0.15) is 31.9 Å². The third-order valence-electron chi connectivity index (χ3n) is 4.14. The van der Waals surface area contributed by atoms with E-state index in [4.69, 9.17) is 10.5 Å². The van der Waals surface area contributed by atoms with E-state index >= 15 is 0 Å². The second-order valence-electron chi connectivity index (χ2n) is 6.38. The monoisotopic (exact) mass is 361 g/mol. The van der Waals surface area contributed by atoms with Gasteiger partial charge >= 0.3 is 0 Å². The zero-order chi connectivity index (χ0) is 16.2. The Hall–Kier alpha value is -1.32. The van der Waals surface area contributed by atoms with Gasteiger partial charge < -0.3 is 10.5 Å². The molecule has 0 fully saturated rings. The Morgan fingerprint density at radius 1 is 1.09 bits per heavy atom. The van der Waals surface area contributed by atoms with Crippen LogP contribution in [0, 0.1) is 5.92 Å². The number of rotatable bonds is 6. The highest BCUT2D eigenvalue weighted by Crippen LogP contribution is 2.29. The zero-order valence-electron chi connectivity index (χ0n) is 13.5. The lowest BCUT2D eigenvalue weighted by Crippen LogP contribution is -2.43. The standard InChI is InChI=1S/C19H24BrNO/c1-14(2)19(3,21)12-16-9-10-17(20)18(11-16)22-13-15-7-5-4-6-8-15/h4-11,14H,12-13,21H2,1-3H3. The van der Waals surface area contributed by atoms with Crippen LogP contribution in [-0.4, -0.2) is 5.54 Å². The molecule has 2 aromatic rings. The molecular weight excluding hydrogens is 338 g/mol. The second kappa shape index (κ2) is 7.30. The maximum Gasteiger partial charge on any atom is 0.134 e. The molecule has 0 spiro atoms. The van der Waals surface area contributed by atoms with Gasteiger partial charge in [0.05, 0.1) is 4.47 Å². The smallest absolute Gasteiger partial charge is 0.134 e. The maximum atomic E-state index is 6.39. The van der Waals surface area contributed by atoms with Crippen LogP contribution in [-0.2, 0) is 13.0 Å². The molecule has 0 aromatic heterocycles. The van der Waals surface area contributed by atoms with Crippen molar-refractivity contribution in [2.75, 3.05) is 0 Å². The van der Waals surface area contributed by atoms with Gasteiger partial charge in [-0.05, 0) is 58.5 Å². The Morgan fingerprint density at radius 2 is 1.77 bits per heavy atom. The van der Waals surface area contributed by atoms with E-state index in [2.05, 4.69) is 61.0 Å². The molecule has 0 saturated heterocycles. The van der Waals surface area contributed by atoms with Gasteiger partial charge in [-0.2, -0.15) is 0 Å². The van der Waals surface area contributed by atoms with Crippen molar-refractivity contribution in [2.45, 2.75) is 39.3 Å². The number of halogens is 1. The van der Waals surface area contributed by atoms with Crippen molar-refractivity contribution >= 4 is 15.9 Å². The molecule has 118 valence electrons. The molecular formula is C19H24BrNO. The van der Waals surface area contributed by atoms with E-state index in [1.54, 1.807) is 0 Å². The fourth-order valence-corrected chi connectivity index (χ4v) is 2.51. The van der Waals surface area contributed by atoms with Crippen LogP contribution < -0.4 is 10.5 Å². The van der Waals surface area contributed by atoms with Crippen molar-refractivity contribution in [1.29, 1.82) is 0 Å². The summed E-state index contributed by atoms with van der Waals surface area (Å²) in [5.41, 5.74) is 8.53. The normalized spacial score (nSPS) is 13.9. The number of nitrogens with two attached hydrogens (primary N) is 1. The Kier molecular flexibility index (Phi) is 5.65. The Morgan fingerprint density at radius 3 is 2.41 bits per heavy atom. The molecule has 3 heteroatoms. The molecule has 0 aliphatic carbocycles. The SMILES string of the molecule is CC(C)C(C)(N)Cc1ccc(Br)c(OCc2ccccc2)c1. The first-order chi connectivity index (χ1) is 10.4. The molecule has 0 radical (unpaired) electrons. The van der Waals surface area contributed by atoms with E-state index in [1.165, 1.54) is 5.56 Å². The quantitative estimate of drug-likeness (QED) is 0.790. The summed E-state index contributed by atoms with van der Waals surface area (Å²) in [5.74, 6) is 1.28. The summed E-state index contributed by atoms with van der Waals surface area (Å²) in [4.78, 5) is 0. The fourth-order valence-electron chi connectivity index (χ4n) is 2.15. The molecule has 2 nitrogen and oxygen atoms in total. The average Bonchev–Trinajstić information content (AvgIpc) is 2.48. The van der Waals surface area contributed by atoms with Crippen LogP contribution in [0.4, 0.5) is 0 Å². The van der Waals surface area contributed by atoms with Gasteiger partial charge in [0.2, 0.25) is 0 Å². The molecule has 1 atom stereocenters. The summed E-state index contributed by atoms with van der Waals surface area (Å²) < 4.78 is 6.92. The summed E-state index contributed by atoms with van der Waals surface area (Å²) in [6.07, 6.45) is 0.833. The largest absolute Gasteiger partial charge is 0.488 e. The zero-order valence-corrected chi connectivity index (χ0v) is 15.1. The van der Waals surface area contributed by atoms with Crippen molar-refractivity contribution in [3.05, 3.63) is 64.1 Å². The maximum absolute atomic E-state index is 6.39. The van der Waals surface area contributed by atoms with E-state index in [9.17, 15) is 0 Å². The first-order valence-corrected chi connectivity index (χ1v) is 8.42. The van der Waals surface area contributed by atoms with Gasteiger partial charge in [0.15, 0.2) is 0 Å². The highest BCUT2D eigenvalue weighted by molar-refractivity contribution is 9.10. The van der Waals surface area contributed by atoms with Crippen molar-refractivity contribution in [2.24, 2.45) is 11.7 Å². The molecule has 0 amide bonds. The minimum atomic E-state index is -0.218. The van der Waals surface area contributed by atoms with Crippen molar-refractivity contribution in [3.8, 4) is 5.75 Å². The van der Waals surface area contributed by atoms with Crippen LogP contribution in [0.25, 0.3) is 0 Å². The van der Waals surface area contributed by atoms with Gasteiger partial charge in [-0.15, -0.1) is 0 Å². The summed E-state index contributed by atoms with van der Waals surface area (Å²) in [6, 6.07) is 16.4. The van der Waals surface area contributed by atoms with Gasteiger partial charge in [0.25, 0.3) is 0 Å². The van der Waals surface area contributed by atoms with Gasteiger partial charge in [-0.1, -0.05) is 50.2 Å². The summed E-state index contributed by atoms with van der Waals surface area (Å²) in [6.45, 7) is 6.98. The van der Waals surface area contributed by atoms with Gasteiger partial charge in [0.1, 0.15) is 12.4 Å². The van der Waals surface area contributed by atoms with Gasteiger partial charge in [0, 0.05) is 5.54 Å². The van der Waals surface area contributed by atoms with Gasteiger partial charge in [-0.3, -0.25) is 0 Å². The Balaban J connectivity index is 2.10. The molecule has 2 rings (SSSR count). The Bertz CT molecular complexity index is 608. The molecule has 2 aromatic carbocycles. The summed E-state index contributed by atoms with van der Waals surface area (Å²) in [7, 11) is 0. The molecule has 0 saturated carbocycles. The van der Waals surface area contributed by atoms with E-state index in [1.807, 2.05) is 24.3 Å². The molecule has 2 N–H and O–H groups in total. The molecule has 0 aliphatic heterocycles. The van der Waals surface area contributed by atoms with Crippen molar-refractivity contribution in [3.63, 3.8) is 0 Å². The van der Waals surface area contributed by atoms with E-state index in [0.717, 1.165) is 22.2 Å². The van der Waals surface area contributed by atoms with E-state index in [-0.39, 0.29) is 5.54 Å². The minimum absolute atomic E-state index is 0.218. The van der Waals surface area contributed by atoms with Crippen LogP contribution in [0.2, 0.25) is 0 Å².